The number of hydrogen-bond donors (Lipinski definition) is 1. The Bertz CT molecular complexity index is 3790. The Balaban J connectivity index is 1.13. The lowest BCUT2D eigenvalue weighted by Crippen LogP contribution is -2.40. The average molecular weight is 903 g/mol. The number of aryl methyl sites for hydroxylation is 1. The third-order valence-corrected chi connectivity index (χ3v) is 18.0. The van der Waals surface area contributed by atoms with Crippen molar-refractivity contribution in [3.8, 4) is 11.1 Å². The van der Waals surface area contributed by atoms with Crippen LogP contribution in [0.25, 0.3) is 63.8 Å². The molecular weight excluding hydrogens is 844 g/mol. The van der Waals surface area contributed by atoms with E-state index in [0.717, 1.165) is 41.9 Å². The molecule has 1 N–H and O–H groups in total. The molecule has 0 atom stereocenters. The van der Waals surface area contributed by atoms with Crippen molar-refractivity contribution >= 4 is 111 Å². The molecule has 3 heterocycles. The minimum absolute atomic E-state index is 0.0383. The zero-order chi connectivity index (χ0) is 46.6. The van der Waals surface area contributed by atoms with Crippen LogP contribution in [-0.4, -0.2) is 7.28 Å². The van der Waals surface area contributed by atoms with E-state index < -0.39 is 0 Å². The average Bonchev–Trinajstić information content (AvgIpc) is 3.89. The van der Waals surface area contributed by atoms with Crippen molar-refractivity contribution in [1.82, 2.24) is 0 Å². The zero-order valence-corrected chi connectivity index (χ0v) is 41.8. The fourth-order valence-corrected chi connectivity index (χ4v) is 13.9. The van der Waals surface area contributed by atoms with Crippen molar-refractivity contribution in [2.45, 2.75) is 110 Å². The first kappa shape index (κ1) is 41.9. The summed E-state index contributed by atoms with van der Waals surface area (Å²) in [6.07, 6.45) is 4.66. The standard InChI is InChI=1S/C63H59BN2OS/c1-36-31-43-45(62(6,7)29-27-60(43,2)3)34-49(36)66-50-32-38-18-11-13-20-40(38)56(57(50)64-59-58(66)42-33-44-46(35-51(42)67-59)63(8,9)30-28-61(44,4)5)55-39-19-12-10-17-37(39)25-26-48(55)65-47-22-16-24-53-54(47)41-21-14-15-23-52(41)68-53/h10-26,31-35,64-65H,27-30H2,1-9H3. The van der Waals surface area contributed by atoms with Crippen LogP contribution in [-0.2, 0) is 21.7 Å². The smallest absolute Gasteiger partial charge is 0.244 e. The van der Waals surface area contributed by atoms with Crippen molar-refractivity contribution in [1.29, 1.82) is 0 Å². The molecule has 0 saturated carbocycles. The summed E-state index contributed by atoms with van der Waals surface area (Å²) in [6.45, 7) is 21.9. The highest BCUT2D eigenvalue weighted by atomic mass is 32.1. The molecule has 0 unspecified atom stereocenters. The van der Waals surface area contributed by atoms with Gasteiger partial charge in [-0.25, -0.2) is 0 Å². The molecule has 3 aliphatic rings. The minimum Gasteiger partial charge on any atom is -0.469 e. The van der Waals surface area contributed by atoms with Gasteiger partial charge in [0.05, 0.1) is 11.3 Å². The van der Waals surface area contributed by atoms with Crippen LogP contribution < -0.4 is 21.3 Å². The second-order valence-electron chi connectivity index (χ2n) is 23.1. The number of nitrogens with one attached hydrogen (secondary N) is 1. The Morgan fingerprint density at radius 1 is 0.515 bits per heavy atom. The van der Waals surface area contributed by atoms with Gasteiger partial charge in [-0.05, 0) is 163 Å². The van der Waals surface area contributed by atoms with E-state index in [2.05, 4.69) is 206 Å². The van der Waals surface area contributed by atoms with Gasteiger partial charge in [0, 0.05) is 53.9 Å². The van der Waals surface area contributed by atoms with Crippen LogP contribution in [0.2, 0.25) is 0 Å². The van der Waals surface area contributed by atoms with Crippen LogP contribution in [0.1, 0.15) is 109 Å². The van der Waals surface area contributed by atoms with E-state index in [0.29, 0.717) is 7.28 Å². The Morgan fingerprint density at radius 3 is 1.82 bits per heavy atom. The third-order valence-electron chi connectivity index (χ3n) is 16.9. The number of furan rings is 1. The SMILES string of the molecule is Cc1cc2c(cc1N1c3cc4ccccc4c(-c4c(Nc5cccc6sc7ccccc7c56)ccc5ccccc45)c3Bc3oc4cc5c(cc4c31)C(C)(C)CCC5(C)C)C(C)(C)CCC2(C)C. The van der Waals surface area contributed by atoms with Crippen LogP contribution in [0, 0.1) is 6.92 Å². The lowest BCUT2D eigenvalue weighted by Gasteiger charge is -2.43. The van der Waals surface area contributed by atoms with E-state index in [-0.39, 0.29) is 21.7 Å². The van der Waals surface area contributed by atoms with Crippen molar-refractivity contribution in [2.75, 3.05) is 10.2 Å². The van der Waals surface area contributed by atoms with Gasteiger partial charge in [0.15, 0.2) is 0 Å². The normalized spacial score (nSPS) is 17.5. The summed E-state index contributed by atoms with van der Waals surface area (Å²) in [7, 11) is 0.670. The Labute approximate surface area is 405 Å². The molecular formula is C63H59BN2OS. The highest BCUT2D eigenvalue weighted by Crippen LogP contribution is 2.54. The highest BCUT2D eigenvalue weighted by molar-refractivity contribution is 7.26. The summed E-state index contributed by atoms with van der Waals surface area (Å²) in [5, 5.41) is 12.8. The molecule has 2 aromatic heterocycles. The number of benzene rings is 8. The summed E-state index contributed by atoms with van der Waals surface area (Å²) >= 11 is 1.86. The molecule has 336 valence electrons. The topological polar surface area (TPSA) is 28.4 Å². The monoisotopic (exact) mass is 902 g/mol. The molecule has 0 spiro atoms. The molecule has 0 saturated heterocycles. The molecule has 0 fully saturated rings. The predicted octanol–water partition coefficient (Wildman–Crippen LogP) is 16.7. The summed E-state index contributed by atoms with van der Waals surface area (Å²) in [5.41, 5.74) is 19.0. The second-order valence-corrected chi connectivity index (χ2v) is 24.2. The fourth-order valence-electron chi connectivity index (χ4n) is 12.8. The quantitative estimate of drug-likeness (QED) is 0.178. The molecule has 5 heteroatoms. The predicted molar refractivity (Wildman–Crippen MR) is 296 cm³/mol. The molecule has 0 radical (unpaired) electrons. The number of hydrogen-bond acceptors (Lipinski definition) is 4. The lowest BCUT2D eigenvalue weighted by atomic mass is 9.60. The molecule has 1 aliphatic heterocycles. The van der Waals surface area contributed by atoms with Crippen LogP contribution in [0.3, 0.4) is 0 Å². The molecule has 68 heavy (non-hydrogen) atoms. The maximum atomic E-state index is 7.39. The summed E-state index contributed by atoms with van der Waals surface area (Å²) < 4.78 is 9.98. The van der Waals surface area contributed by atoms with Gasteiger partial charge in [0.2, 0.25) is 7.28 Å². The van der Waals surface area contributed by atoms with Gasteiger partial charge in [-0.15, -0.1) is 11.3 Å². The minimum atomic E-state index is 0.0383. The van der Waals surface area contributed by atoms with Gasteiger partial charge in [-0.2, -0.15) is 0 Å². The largest absolute Gasteiger partial charge is 0.469 e. The first-order chi connectivity index (χ1) is 32.6. The zero-order valence-electron chi connectivity index (χ0n) is 41.0. The first-order valence-corrected chi connectivity index (χ1v) is 25.7. The van der Waals surface area contributed by atoms with Crippen LogP contribution >= 0.6 is 11.3 Å². The maximum absolute atomic E-state index is 7.39. The molecule has 3 nitrogen and oxygen atoms in total. The summed E-state index contributed by atoms with van der Waals surface area (Å²) in [4.78, 5) is 2.65. The fraction of sp³-hybridized carbons (Fsp3) is 0.270. The number of fused-ring (bicyclic) bond motifs is 11. The molecule has 10 aromatic rings. The van der Waals surface area contributed by atoms with Crippen molar-refractivity contribution in [2.24, 2.45) is 0 Å². The van der Waals surface area contributed by atoms with Crippen molar-refractivity contribution in [3.05, 3.63) is 161 Å². The van der Waals surface area contributed by atoms with Gasteiger partial charge in [-0.3, -0.25) is 0 Å². The Morgan fingerprint density at radius 2 is 1.10 bits per heavy atom. The number of thiophene rings is 1. The van der Waals surface area contributed by atoms with E-state index in [9.17, 15) is 0 Å². The summed E-state index contributed by atoms with van der Waals surface area (Å²) in [6, 6.07) is 50.8. The van der Waals surface area contributed by atoms with Gasteiger partial charge in [0.25, 0.3) is 0 Å². The van der Waals surface area contributed by atoms with Gasteiger partial charge in [-0.1, -0.05) is 140 Å². The van der Waals surface area contributed by atoms with E-state index in [1.165, 1.54) is 115 Å². The molecule has 8 aromatic carbocycles. The molecule has 0 amide bonds. The van der Waals surface area contributed by atoms with Gasteiger partial charge in [0.1, 0.15) is 5.58 Å². The van der Waals surface area contributed by atoms with E-state index in [1.54, 1.807) is 0 Å². The summed E-state index contributed by atoms with van der Waals surface area (Å²) in [5.74, 6) is 0. The van der Waals surface area contributed by atoms with Crippen LogP contribution in [0.5, 0.6) is 0 Å². The van der Waals surface area contributed by atoms with E-state index in [1.807, 2.05) is 11.3 Å². The lowest BCUT2D eigenvalue weighted by molar-refractivity contribution is 0.332. The van der Waals surface area contributed by atoms with Crippen molar-refractivity contribution < 1.29 is 4.42 Å². The van der Waals surface area contributed by atoms with E-state index >= 15 is 0 Å². The first-order valence-electron chi connectivity index (χ1n) is 24.9. The van der Waals surface area contributed by atoms with Gasteiger partial charge >= 0.3 is 0 Å². The maximum Gasteiger partial charge on any atom is 0.244 e. The van der Waals surface area contributed by atoms with Crippen molar-refractivity contribution in [3.63, 3.8) is 0 Å². The van der Waals surface area contributed by atoms with Gasteiger partial charge < -0.3 is 14.6 Å². The second kappa shape index (κ2) is 14.4. The Kier molecular flexibility index (Phi) is 8.85. The van der Waals surface area contributed by atoms with Crippen LogP contribution in [0.4, 0.5) is 28.4 Å². The third kappa shape index (κ3) is 6.10. The van der Waals surface area contributed by atoms with E-state index in [4.69, 9.17) is 4.42 Å². The molecule has 2 aliphatic carbocycles. The molecule has 0 bridgehead atoms. The van der Waals surface area contributed by atoms with Crippen LogP contribution in [0.15, 0.2) is 138 Å². The molecule has 13 rings (SSSR count). The number of nitrogens with zero attached hydrogens (tertiary/aromatic N) is 1. The number of anilines is 5. The number of rotatable bonds is 4. The Hall–Kier alpha value is -6.30. The highest BCUT2D eigenvalue weighted by Gasteiger charge is 2.42.